The number of ether oxygens (including phenoxy) is 4. The van der Waals surface area contributed by atoms with E-state index in [0.717, 1.165) is 103 Å². The summed E-state index contributed by atoms with van der Waals surface area (Å²) in [5.74, 6) is -2.32. The number of carboxylic acid groups (broad SMARTS) is 1. The summed E-state index contributed by atoms with van der Waals surface area (Å²) in [6.07, 6.45) is 67.3. The number of unbranched alkanes of at least 4 members (excludes halogenated alkanes) is 20. The van der Waals surface area contributed by atoms with Gasteiger partial charge in [0.15, 0.2) is 12.4 Å². The summed E-state index contributed by atoms with van der Waals surface area (Å²) in [6.45, 7) is 4.59. The zero-order chi connectivity index (χ0) is 52.0. The van der Waals surface area contributed by atoms with Crippen LogP contribution in [0.5, 0.6) is 0 Å². The molecule has 0 saturated carbocycles. The van der Waals surface area contributed by atoms with Crippen LogP contribution in [0.1, 0.15) is 219 Å². The molecule has 0 fully saturated rings. The van der Waals surface area contributed by atoms with Crippen molar-refractivity contribution in [2.45, 2.75) is 232 Å². The van der Waals surface area contributed by atoms with Gasteiger partial charge in [0.05, 0.1) is 40.3 Å². The second kappa shape index (κ2) is 52.5. The van der Waals surface area contributed by atoms with Gasteiger partial charge in [-0.25, -0.2) is 0 Å². The largest absolute Gasteiger partial charge is 0.545 e. The lowest BCUT2D eigenvalue weighted by Crippen LogP contribution is -2.44. The van der Waals surface area contributed by atoms with E-state index in [-0.39, 0.29) is 38.6 Å². The van der Waals surface area contributed by atoms with Crippen molar-refractivity contribution in [3.05, 3.63) is 97.2 Å². The van der Waals surface area contributed by atoms with Gasteiger partial charge in [0.1, 0.15) is 13.2 Å². The van der Waals surface area contributed by atoms with Crippen molar-refractivity contribution < 1.29 is 42.9 Å². The number of aliphatic carboxylic acids is 1. The maximum Gasteiger partial charge on any atom is 0.306 e. The van der Waals surface area contributed by atoms with Crippen LogP contribution in [0, 0.1) is 0 Å². The maximum atomic E-state index is 12.9. The zero-order valence-corrected chi connectivity index (χ0v) is 46.1. The highest BCUT2D eigenvalue weighted by molar-refractivity contribution is 5.70. The Morgan fingerprint density at radius 2 is 0.803 bits per heavy atom. The summed E-state index contributed by atoms with van der Waals surface area (Å²) in [4.78, 5) is 37.3. The van der Waals surface area contributed by atoms with Crippen LogP contribution >= 0.6 is 0 Å². The molecule has 0 radical (unpaired) electrons. The summed E-state index contributed by atoms with van der Waals surface area (Å²) < 4.78 is 22.7. The molecular formula is C62H105NO8. The Hall–Kier alpha value is -3.79. The first-order chi connectivity index (χ1) is 34.6. The quantitative estimate of drug-likeness (QED) is 0.0195. The van der Waals surface area contributed by atoms with Gasteiger partial charge in [-0.15, -0.1) is 0 Å². The highest BCUT2D eigenvalue weighted by atomic mass is 16.7. The van der Waals surface area contributed by atoms with Crippen LogP contribution in [0.15, 0.2) is 97.2 Å². The van der Waals surface area contributed by atoms with Crippen LogP contribution < -0.4 is 5.11 Å². The Kier molecular flexibility index (Phi) is 49.7. The molecule has 0 bridgehead atoms. The zero-order valence-electron chi connectivity index (χ0n) is 46.1. The van der Waals surface area contributed by atoms with Gasteiger partial charge in [-0.1, -0.05) is 207 Å². The number of rotatable bonds is 51. The molecule has 2 atom stereocenters. The number of hydrogen-bond donors (Lipinski definition) is 0. The minimum Gasteiger partial charge on any atom is -0.545 e. The second-order valence-corrected chi connectivity index (χ2v) is 19.8. The van der Waals surface area contributed by atoms with E-state index >= 15 is 0 Å². The minimum atomic E-state index is -1.63. The number of likely N-dealkylation sites (N-methyl/N-ethyl adjacent to an activating group) is 1. The monoisotopic (exact) mass is 992 g/mol. The lowest BCUT2D eigenvalue weighted by Gasteiger charge is -2.26. The fraction of sp³-hybridized carbons (Fsp3) is 0.694. The number of carbonyl (C=O) groups excluding carboxylic acids is 3. The molecule has 0 aromatic carbocycles. The van der Waals surface area contributed by atoms with Crippen molar-refractivity contribution in [1.82, 2.24) is 0 Å². The molecule has 0 aliphatic carbocycles. The molecule has 71 heavy (non-hydrogen) atoms. The van der Waals surface area contributed by atoms with Crippen molar-refractivity contribution in [2.75, 3.05) is 47.5 Å². The number of carboxylic acids is 1. The second-order valence-electron chi connectivity index (χ2n) is 19.8. The van der Waals surface area contributed by atoms with Gasteiger partial charge in [0.25, 0.3) is 0 Å². The molecule has 0 amide bonds. The molecule has 9 nitrogen and oxygen atoms in total. The molecule has 0 rings (SSSR count). The Bertz CT molecular complexity index is 1480. The number of nitrogens with zero attached hydrogens (tertiary/aromatic N) is 1. The molecule has 0 heterocycles. The van der Waals surface area contributed by atoms with Crippen molar-refractivity contribution in [3.8, 4) is 0 Å². The van der Waals surface area contributed by atoms with Crippen molar-refractivity contribution in [2.24, 2.45) is 0 Å². The van der Waals surface area contributed by atoms with E-state index < -0.39 is 24.3 Å². The topological polar surface area (TPSA) is 111 Å². The van der Waals surface area contributed by atoms with E-state index in [0.29, 0.717) is 17.4 Å². The van der Waals surface area contributed by atoms with Crippen LogP contribution in [0.25, 0.3) is 0 Å². The lowest BCUT2D eigenvalue weighted by atomic mass is 10.1. The van der Waals surface area contributed by atoms with Crippen molar-refractivity contribution in [3.63, 3.8) is 0 Å². The Labute approximate surface area is 435 Å². The molecule has 0 saturated heterocycles. The number of carbonyl (C=O) groups is 3. The number of esters is 2. The fourth-order valence-corrected chi connectivity index (χ4v) is 7.45. The fourth-order valence-electron chi connectivity index (χ4n) is 7.45. The van der Waals surface area contributed by atoms with Gasteiger partial charge >= 0.3 is 11.9 Å². The Morgan fingerprint density at radius 3 is 1.20 bits per heavy atom. The van der Waals surface area contributed by atoms with Crippen molar-refractivity contribution in [1.29, 1.82) is 0 Å². The van der Waals surface area contributed by atoms with E-state index in [1.807, 2.05) is 21.1 Å². The first-order valence-electron chi connectivity index (χ1n) is 28.4. The summed E-state index contributed by atoms with van der Waals surface area (Å²) in [7, 11) is 5.91. The first-order valence-corrected chi connectivity index (χ1v) is 28.4. The molecule has 0 aromatic rings. The SMILES string of the molecule is CC/C=C\C/C=C\C/C=C\C/C=C\C/C=C\CCCCCCCCCCCC(=O)OC(COC(=O)CCCCCCCC/C=C\C/C=C\C/C=C\CCCCCCC)COC(OCC[N+](C)(C)C)C(=O)[O-]. The van der Waals surface area contributed by atoms with Crippen LogP contribution in [0.2, 0.25) is 0 Å². The summed E-state index contributed by atoms with van der Waals surface area (Å²) in [5.41, 5.74) is 0. The Balaban J connectivity index is 4.33. The summed E-state index contributed by atoms with van der Waals surface area (Å²) in [6, 6.07) is 0. The van der Waals surface area contributed by atoms with Crippen LogP contribution in [0.4, 0.5) is 0 Å². The van der Waals surface area contributed by atoms with E-state index in [2.05, 4.69) is 111 Å². The third-order valence-corrected chi connectivity index (χ3v) is 11.8. The molecular weight excluding hydrogens is 887 g/mol. The van der Waals surface area contributed by atoms with Crippen LogP contribution in [-0.2, 0) is 33.3 Å². The highest BCUT2D eigenvalue weighted by Gasteiger charge is 2.22. The first kappa shape index (κ1) is 67.2. The lowest BCUT2D eigenvalue weighted by molar-refractivity contribution is -0.870. The molecule has 2 unspecified atom stereocenters. The van der Waals surface area contributed by atoms with Gasteiger partial charge in [-0.3, -0.25) is 9.59 Å². The molecule has 0 aliphatic heterocycles. The summed E-state index contributed by atoms with van der Waals surface area (Å²) in [5, 5.41) is 11.8. The third-order valence-electron chi connectivity index (χ3n) is 11.8. The van der Waals surface area contributed by atoms with Gasteiger partial charge in [0.2, 0.25) is 0 Å². The van der Waals surface area contributed by atoms with Gasteiger partial charge in [-0.05, 0) is 96.3 Å². The van der Waals surface area contributed by atoms with E-state index in [1.165, 1.54) is 83.5 Å². The molecule has 406 valence electrons. The minimum absolute atomic E-state index is 0.139. The number of quaternary nitrogens is 1. The predicted molar refractivity (Wildman–Crippen MR) is 297 cm³/mol. The molecule has 9 heteroatoms. The average Bonchev–Trinajstić information content (AvgIpc) is 3.34. The standard InChI is InChI=1S/C62H105NO8/c1-6-8-10-12-14-16-18-20-22-24-26-28-29-30-31-33-35-37-39-41-43-45-47-49-51-53-60(65)71-58(57-70-62(61(66)67)68-55-54-63(3,4)5)56-69-59(64)52-50-48-46-44-42-40-38-36-34-32-27-25-23-21-19-17-15-13-11-9-7-2/h8,10,14,16,19-22,25-28,30-31,34,36,58,62H,6-7,9,11-13,15,17-18,23-24,29,32-33,35,37-57H2,1-5H3/b10-8-,16-14-,21-19-,22-20-,27-25-,28-26-,31-30-,36-34-. The number of allylic oxidation sites excluding steroid dienone is 16. The van der Waals surface area contributed by atoms with Crippen molar-refractivity contribution >= 4 is 17.9 Å². The van der Waals surface area contributed by atoms with Gasteiger partial charge in [-0.2, -0.15) is 0 Å². The van der Waals surface area contributed by atoms with E-state index in [4.69, 9.17) is 18.9 Å². The van der Waals surface area contributed by atoms with E-state index in [9.17, 15) is 19.5 Å². The molecule has 0 spiro atoms. The average molecular weight is 993 g/mol. The van der Waals surface area contributed by atoms with E-state index in [1.54, 1.807) is 0 Å². The maximum absolute atomic E-state index is 12.9. The van der Waals surface area contributed by atoms with Crippen LogP contribution in [0.3, 0.4) is 0 Å². The molecule has 0 aliphatic rings. The normalized spacial score (nSPS) is 13.5. The molecule has 0 aromatic heterocycles. The highest BCUT2D eigenvalue weighted by Crippen LogP contribution is 2.14. The molecule has 0 N–H and O–H groups in total. The van der Waals surface area contributed by atoms with Gasteiger partial charge < -0.3 is 33.3 Å². The summed E-state index contributed by atoms with van der Waals surface area (Å²) >= 11 is 0. The van der Waals surface area contributed by atoms with Crippen LogP contribution in [-0.4, -0.2) is 82.3 Å². The number of hydrogen-bond acceptors (Lipinski definition) is 8. The Morgan fingerprint density at radius 1 is 0.437 bits per heavy atom. The van der Waals surface area contributed by atoms with Gasteiger partial charge in [0, 0.05) is 12.8 Å². The third kappa shape index (κ3) is 53.8. The predicted octanol–water partition coefficient (Wildman–Crippen LogP) is 15.2. The smallest absolute Gasteiger partial charge is 0.306 e.